The van der Waals surface area contributed by atoms with Crippen LogP contribution in [0, 0.1) is 0 Å². The molecule has 4 heteroatoms. The lowest BCUT2D eigenvalue weighted by molar-refractivity contribution is 0.276. The normalized spacial score (nSPS) is 10.7. The van der Waals surface area contributed by atoms with Crippen LogP contribution >= 0.6 is 11.3 Å². The van der Waals surface area contributed by atoms with E-state index in [0.29, 0.717) is 10.9 Å². The molecule has 0 atom stereocenters. The number of hydrogen-bond donors (Lipinski definition) is 1. The zero-order valence-electron chi connectivity index (χ0n) is 9.54. The fourth-order valence-corrected chi connectivity index (χ4v) is 2.55. The van der Waals surface area contributed by atoms with Gasteiger partial charge in [0.05, 0.1) is 16.8 Å². The summed E-state index contributed by atoms with van der Waals surface area (Å²) in [4.78, 5) is 4.40. The number of para-hydroxylation sites is 2. The SMILES string of the molecule is OCc1ccccc1Oc1nc2ccccc2s1. The van der Waals surface area contributed by atoms with Gasteiger partial charge >= 0.3 is 0 Å². The first-order valence-corrected chi connectivity index (χ1v) is 6.40. The molecule has 3 rings (SSSR count). The Hall–Kier alpha value is -1.91. The van der Waals surface area contributed by atoms with Gasteiger partial charge in [-0.05, 0) is 18.2 Å². The minimum Gasteiger partial charge on any atom is -0.430 e. The molecular formula is C14H11NO2S. The molecule has 0 aliphatic rings. The van der Waals surface area contributed by atoms with Gasteiger partial charge in [0.2, 0.25) is 0 Å². The van der Waals surface area contributed by atoms with E-state index in [0.717, 1.165) is 15.8 Å². The van der Waals surface area contributed by atoms with Gasteiger partial charge in [-0.25, -0.2) is 4.98 Å². The number of aliphatic hydroxyl groups is 1. The maximum absolute atomic E-state index is 9.24. The van der Waals surface area contributed by atoms with Gasteiger partial charge in [-0.1, -0.05) is 41.7 Å². The highest BCUT2D eigenvalue weighted by Crippen LogP contribution is 2.32. The van der Waals surface area contributed by atoms with E-state index in [4.69, 9.17) is 4.74 Å². The maximum atomic E-state index is 9.24. The highest BCUT2D eigenvalue weighted by atomic mass is 32.1. The van der Waals surface area contributed by atoms with Crippen LogP contribution in [0.4, 0.5) is 0 Å². The summed E-state index contributed by atoms with van der Waals surface area (Å²) in [7, 11) is 0. The van der Waals surface area contributed by atoms with Gasteiger partial charge < -0.3 is 9.84 Å². The quantitative estimate of drug-likeness (QED) is 0.779. The summed E-state index contributed by atoms with van der Waals surface area (Å²) in [5, 5.41) is 9.83. The number of aliphatic hydroxyl groups excluding tert-OH is 1. The van der Waals surface area contributed by atoms with E-state index in [9.17, 15) is 5.11 Å². The summed E-state index contributed by atoms with van der Waals surface area (Å²) in [6, 6.07) is 15.3. The molecule has 0 unspecified atom stereocenters. The zero-order valence-corrected chi connectivity index (χ0v) is 10.4. The Morgan fingerprint density at radius 3 is 2.67 bits per heavy atom. The molecule has 0 aliphatic heterocycles. The van der Waals surface area contributed by atoms with E-state index in [1.54, 1.807) is 0 Å². The van der Waals surface area contributed by atoms with Gasteiger partial charge in [-0.2, -0.15) is 0 Å². The second kappa shape index (κ2) is 4.76. The summed E-state index contributed by atoms with van der Waals surface area (Å²) in [5.74, 6) is 0.652. The summed E-state index contributed by atoms with van der Waals surface area (Å²) < 4.78 is 6.82. The third-order valence-corrected chi connectivity index (χ3v) is 3.53. The first kappa shape index (κ1) is 11.2. The van der Waals surface area contributed by atoms with Crippen LogP contribution in [0.1, 0.15) is 5.56 Å². The van der Waals surface area contributed by atoms with Crippen molar-refractivity contribution in [3.05, 3.63) is 54.1 Å². The van der Waals surface area contributed by atoms with Crippen LogP contribution in [0.25, 0.3) is 10.2 Å². The number of nitrogens with zero attached hydrogens (tertiary/aromatic N) is 1. The molecule has 1 N–H and O–H groups in total. The molecule has 0 amide bonds. The molecule has 0 radical (unpaired) electrons. The number of fused-ring (bicyclic) bond motifs is 1. The Kier molecular flexibility index (Phi) is 2.96. The van der Waals surface area contributed by atoms with E-state index < -0.39 is 0 Å². The van der Waals surface area contributed by atoms with E-state index in [2.05, 4.69) is 4.98 Å². The van der Waals surface area contributed by atoms with Crippen LogP contribution in [0.2, 0.25) is 0 Å². The van der Waals surface area contributed by atoms with E-state index in [1.807, 2.05) is 48.5 Å². The van der Waals surface area contributed by atoms with Gasteiger partial charge in [-0.3, -0.25) is 0 Å². The largest absolute Gasteiger partial charge is 0.430 e. The lowest BCUT2D eigenvalue weighted by atomic mass is 10.2. The summed E-state index contributed by atoms with van der Waals surface area (Å²) in [6.07, 6.45) is 0. The Morgan fingerprint density at radius 1 is 1.06 bits per heavy atom. The first-order chi connectivity index (χ1) is 8.86. The molecule has 18 heavy (non-hydrogen) atoms. The van der Waals surface area contributed by atoms with Crippen LogP contribution in [0.3, 0.4) is 0 Å². The molecule has 90 valence electrons. The van der Waals surface area contributed by atoms with Gasteiger partial charge in [0.15, 0.2) is 0 Å². The molecule has 3 aromatic rings. The van der Waals surface area contributed by atoms with Crippen LogP contribution in [0.5, 0.6) is 10.9 Å². The predicted octanol–water partition coefficient (Wildman–Crippen LogP) is 3.58. The standard InChI is InChI=1S/C14H11NO2S/c16-9-10-5-1-3-7-12(10)17-14-15-11-6-2-4-8-13(11)18-14/h1-8,16H,9H2. The Morgan fingerprint density at radius 2 is 1.83 bits per heavy atom. The van der Waals surface area contributed by atoms with Crippen molar-refractivity contribution in [2.75, 3.05) is 0 Å². The average molecular weight is 257 g/mol. The van der Waals surface area contributed by atoms with Gasteiger partial charge in [0.25, 0.3) is 5.19 Å². The molecule has 0 saturated carbocycles. The highest BCUT2D eigenvalue weighted by molar-refractivity contribution is 7.20. The predicted molar refractivity (Wildman–Crippen MR) is 72.1 cm³/mol. The topological polar surface area (TPSA) is 42.4 Å². The minimum atomic E-state index is -0.0406. The number of aromatic nitrogens is 1. The lowest BCUT2D eigenvalue weighted by Crippen LogP contribution is -1.90. The highest BCUT2D eigenvalue weighted by Gasteiger charge is 2.07. The number of thiazole rings is 1. The third kappa shape index (κ3) is 2.08. The van der Waals surface area contributed by atoms with Crippen molar-refractivity contribution in [2.24, 2.45) is 0 Å². The molecule has 0 spiro atoms. The van der Waals surface area contributed by atoms with Crippen molar-refractivity contribution in [1.82, 2.24) is 4.98 Å². The molecule has 3 nitrogen and oxygen atoms in total. The smallest absolute Gasteiger partial charge is 0.279 e. The van der Waals surface area contributed by atoms with Crippen molar-refractivity contribution < 1.29 is 9.84 Å². The molecule has 0 bridgehead atoms. The molecule has 1 aromatic heterocycles. The molecule has 0 fully saturated rings. The summed E-state index contributed by atoms with van der Waals surface area (Å²) in [6.45, 7) is -0.0406. The molecule has 1 heterocycles. The van der Waals surface area contributed by atoms with Crippen LogP contribution in [0.15, 0.2) is 48.5 Å². The van der Waals surface area contributed by atoms with Gasteiger partial charge in [-0.15, -0.1) is 0 Å². The Labute approximate surface area is 108 Å². The fraction of sp³-hybridized carbons (Fsp3) is 0.0714. The first-order valence-electron chi connectivity index (χ1n) is 5.59. The minimum absolute atomic E-state index is 0.0406. The van der Waals surface area contributed by atoms with Crippen LogP contribution in [-0.2, 0) is 6.61 Å². The monoisotopic (exact) mass is 257 g/mol. The number of benzene rings is 2. The van der Waals surface area contributed by atoms with E-state index >= 15 is 0 Å². The second-order valence-corrected chi connectivity index (χ2v) is 4.81. The van der Waals surface area contributed by atoms with Crippen LogP contribution < -0.4 is 4.74 Å². The molecular weight excluding hydrogens is 246 g/mol. The molecule has 2 aromatic carbocycles. The van der Waals surface area contributed by atoms with Crippen molar-refractivity contribution in [1.29, 1.82) is 0 Å². The zero-order chi connectivity index (χ0) is 12.4. The summed E-state index contributed by atoms with van der Waals surface area (Å²) >= 11 is 1.50. The Balaban J connectivity index is 1.96. The summed E-state index contributed by atoms with van der Waals surface area (Å²) in [5.41, 5.74) is 1.69. The third-order valence-electron chi connectivity index (χ3n) is 2.61. The van der Waals surface area contributed by atoms with Crippen molar-refractivity contribution in [3.63, 3.8) is 0 Å². The van der Waals surface area contributed by atoms with E-state index in [-0.39, 0.29) is 6.61 Å². The number of rotatable bonds is 3. The van der Waals surface area contributed by atoms with Gasteiger partial charge in [0.1, 0.15) is 5.75 Å². The van der Waals surface area contributed by atoms with Crippen molar-refractivity contribution >= 4 is 21.6 Å². The van der Waals surface area contributed by atoms with Crippen molar-refractivity contribution in [3.8, 4) is 10.9 Å². The maximum Gasteiger partial charge on any atom is 0.279 e. The second-order valence-electron chi connectivity index (χ2n) is 3.82. The molecule has 0 saturated heterocycles. The Bertz CT molecular complexity index is 645. The number of ether oxygens (including phenoxy) is 1. The lowest BCUT2D eigenvalue weighted by Gasteiger charge is -2.05. The van der Waals surface area contributed by atoms with Crippen LogP contribution in [-0.4, -0.2) is 10.1 Å². The van der Waals surface area contributed by atoms with Crippen molar-refractivity contribution in [2.45, 2.75) is 6.61 Å². The van der Waals surface area contributed by atoms with Gasteiger partial charge in [0, 0.05) is 5.56 Å². The fourth-order valence-electron chi connectivity index (χ4n) is 1.72. The molecule has 0 aliphatic carbocycles. The average Bonchev–Trinajstić information content (AvgIpc) is 2.81. The number of hydrogen-bond acceptors (Lipinski definition) is 4. The van der Waals surface area contributed by atoms with E-state index in [1.165, 1.54) is 11.3 Å².